The van der Waals surface area contributed by atoms with Crippen LogP contribution in [0.5, 0.6) is 11.5 Å². The van der Waals surface area contributed by atoms with Crippen LogP contribution in [0.15, 0.2) is 52.7 Å². The van der Waals surface area contributed by atoms with E-state index in [0.29, 0.717) is 23.6 Å². The summed E-state index contributed by atoms with van der Waals surface area (Å²) >= 11 is 3.34. The van der Waals surface area contributed by atoms with Crippen LogP contribution in [0.3, 0.4) is 0 Å². The van der Waals surface area contributed by atoms with Gasteiger partial charge in [0.2, 0.25) is 0 Å². The van der Waals surface area contributed by atoms with E-state index < -0.39 is 0 Å². The van der Waals surface area contributed by atoms with Gasteiger partial charge in [-0.05, 0) is 48.9 Å². The van der Waals surface area contributed by atoms with Crippen LogP contribution in [0.25, 0.3) is 0 Å². The molecular formula is C24H27N3O4S2. The van der Waals surface area contributed by atoms with Gasteiger partial charge in [0.05, 0.1) is 17.8 Å². The second-order valence-electron chi connectivity index (χ2n) is 7.42. The van der Waals surface area contributed by atoms with Crippen molar-refractivity contribution in [2.45, 2.75) is 24.1 Å². The van der Waals surface area contributed by atoms with Gasteiger partial charge in [-0.1, -0.05) is 6.07 Å². The van der Waals surface area contributed by atoms with Gasteiger partial charge in [-0.2, -0.15) is 0 Å². The summed E-state index contributed by atoms with van der Waals surface area (Å²) in [5.74, 6) is 1.49. The standard InChI is InChI=1S/C24H27N3O4S2/c1-16-26-19(14-32-16)15-33-20-8-6-18(7-9-20)24(29)25-12-17-5-10-21(22(11-17)30-4)31-13-23(28)27(2)3/h5-11,14H,12-13,15H2,1-4H3,(H,25,29). The van der Waals surface area contributed by atoms with Gasteiger partial charge < -0.3 is 19.7 Å². The summed E-state index contributed by atoms with van der Waals surface area (Å²) < 4.78 is 10.9. The molecule has 0 saturated heterocycles. The van der Waals surface area contributed by atoms with Crippen molar-refractivity contribution in [1.82, 2.24) is 15.2 Å². The molecule has 9 heteroatoms. The number of thioether (sulfide) groups is 1. The predicted molar refractivity (Wildman–Crippen MR) is 131 cm³/mol. The number of amides is 2. The second-order valence-corrected chi connectivity index (χ2v) is 9.53. The average Bonchev–Trinajstić information content (AvgIpc) is 3.25. The Morgan fingerprint density at radius 2 is 1.88 bits per heavy atom. The van der Waals surface area contributed by atoms with Crippen molar-refractivity contribution < 1.29 is 19.1 Å². The van der Waals surface area contributed by atoms with Gasteiger partial charge in [-0.25, -0.2) is 4.98 Å². The molecule has 0 saturated carbocycles. The van der Waals surface area contributed by atoms with Crippen LogP contribution in [-0.2, 0) is 17.1 Å². The zero-order valence-corrected chi connectivity index (χ0v) is 20.7. The van der Waals surface area contributed by atoms with E-state index >= 15 is 0 Å². The number of ether oxygens (including phenoxy) is 2. The molecule has 0 bridgehead atoms. The number of nitrogens with zero attached hydrogens (tertiary/aromatic N) is 2. The van der Waals surface area contributed by atoms with E-state index in [1.807, 2.05) is 37.3 Å². The number of nitrogens with one attached hydrogen (secondary N) is 1. The Kier molecular flexibility index (Phi) is 8.73. The maximum absolute atomic E-state index is 12.5. The van der Waals surface area contributed by atoms with Crippen LogP contribution in [0.2, 0.25) is 0 Å². The fourth-order valence-electron chi connectivity index (χ4n) is 2.83. The highest BCUT2D eigenvalue weighted by atomic mass is 32.2. The summed E-state index contributed by atoms with van der Waals surface area (Å²) in [6.45, 7) is 2.27. The smallest absolute Gasteiger partial charge is 0.259 e. The minimum absolute atomic E-state index is 0.0723. The first-order valence-electron chi connectivity index (χ1n) is 10.3. The summed E-state index contributed by atoms with van der Waals surface area (Å²) in [5, 5.41) is 6.06. The predicted octanol–water partition coefficient (Wildman–Crippen LogP) is 4.15. The first kappa shape index (κ1) is 24.6. The lowest BCUT2D eigenvalue weighted by Gasteiger charge is -2.14. The largest absolute Gasteiger partial charge is 0.493 e. The maximum atomic E-state index is 12.5. The van der Waals surface area contributed by atoms with Crippen LogP contribution >= 0.6 is 23.1 Å². The van der Waals surface area contributed by atoms with Crippen molar-refractivity contribution >= 4 is 34.9 Å². The van der Waals surface area contributed by atoms with E-state index in [1.54, 1.807) is 49.3 Å². The molecule has 0 aliphatic rings. The monoisotopic (exact) mass is 485 g/mol. The number of thiazole rings is 1. The molecule has 0 aliphatic heterocycles. The molecule has 7 nitrogen and oxygen atoms in total. The lowest BCUT2D eigenvalue weighted by molar-refractivity contribution is -0.130. The molecule has 3 aromatic rings. The number of methoxy groups -OCH3 is 1. The molecule has 0 atom stereocenters. The van der Waals surface area contributed by atoms with Gasteiger partial charge in [0.15, 0.2) is 18.1 Å². The normalized spacial score (nSPS) is 10.5. The highest BCUT2D eigenvalue weighted by molar-refractivity contribution is 7.98. The number of rotatable bonds is 10. The second kappa shape index (κ2) is 11.7. The lowest BCUT2D eigenvalue weighted by Crippen LogP contribution is -2.27. The van der Waals surface area contributed by atoms with Crippen LogP contribution in [0.1, 0.15) is 26.6 Å². The molecule has 0 radical (unpaired) electrons. The molecule has 1 N–H and O–H groups in total. The van der Waals surface area contributed by atoms with E-state index in [4.69, 9.17) is 9.47 Å². The number of hydrogen-bond donors (Lipinski definition) is 1. The van der Waals surface area contributed by atoms with Gasteiger partial charge in [0, 0.05) is 42.2 Å². The third-order valence-corrected chi connectivity index (χ3v) is 6.57. The van der Waals surface area contributed by atoms with Crippen molar-refractivity contribution in [1.29, 1.82) is 0 Å². The Hall–Kier alpha value is -3.04. The summed E-state index contributed by atoms with van der Waals surface area (Å²) in [6, 6.07) is 12.9. The molecule has 0 fully saturated rings. The van der Waals surface area contributed by atoms with E-state index in [0.717, 1.165) is 26.9 Å². The maximum Gasteiger partial charge on any atom is 0.259 e. The Labute approximate surface area is 202 Å². The molecule has 2 aromatic carbocycles. The Bertz CT molecular complexity index is 1100. The minimum atomic E-state index is -0.155. The SMILES string of the molecule is COc1cc(CNC(=O)c2ccc(SCc3csc(C)n3)cc2)ccc1OCC(=O)N(C)C. The fraction of sp³-hybridized carbons (Fsp3) is 0.292. The first-order chi connectivity index (χ1) is 15.9. The van der Waals surface area contributed by atoms with Gasteiger partial charge >= 0.3 is 0 Å². The number of aromatic nitrogens is 1. The van der Waals surface area contributed by atoms with Gasteiger partial charge in [-0.15, -0.1) is 23.1 Å². The molecule has 2 amide bonds. The number of benzene rings is 2. The van der Waals surface area contributed by atoms with E-state index in [-0.39, 0.29) is 18.4 Å². The summed E-state index contributed by atoms with van der Waals surface area (Å²) in [6.07, 6.45) is 0. The van der Waals surface area contributed by atoms with Gasteiger partial charge in [0.25, 0.3) is 11.8 Å². The molecule has 1 heterocycles. The van der Waals surface area contributed by atoms with Crippen LogP contribution < -0.4 is 14.8 Å². The van der Waals surface area contributed by atoms with Crippen molar-refractivity contribution in [3.63, 3.8) is 0 Å². The van der Waals surface area contributed by atoms with E-state index in [1.165, 1.54) is 12.0 Å². The highest BCUT2D eigenvalue weighted by Gasteiger charge is 2.11. The molecule has 1 aromatic heterocycles. The zero-order valence-electron chi connectivity index (χ0n) is 19.1. The zero-order chi connectivity index (χ0) is 23.8. The number of hydrogen-bond acceptors (Lipinski definition) is 7. The lowest BCUT2D eigenvalue weighted by atomic mass is 10.1. The first-order valence-corrected chi connectivity index (χ1v) is 12.1. The van der Waals surface area contributed by atoms with Crippen molar-refractivity contribution in [2.24, 2.45) is 0 Å². The summed E-state index contributed by atoms with van der Waals surface area (Å²) in [7, 11) is 4.88. The molecule has 3 rings (SSSR count). The molecule has 0 spiro atoms. The molecular weight excluding hydrogens is 458 g/mol. The number of likely N-dealkylation sites (N-methyl/N-ethyl adjacent to an activating group) is 1. The summed E-state index contributed by atoms with van der Waals surface area (Å²) in [4.78, 5) is 31.3. The topological polar surface area (TPSA) is 80.8 Å². The van der Waals surface area contributed by atoms with Gasteiger partial charge in [0.1, 0.15) is 0 Å². The molecule has 174 valence electrons. The number of carbonyl (C=O) groups is 2. The quantitative estimate of drug-likeness (QED) is 0.435. The van der Waals surface area contributed by atoms with Gasteiger partial charge in [-0.3, -0.25) is 9.59 Å². The molecule has 33 heavy (non-hydrogen) atoms. The highest BCUT2D eigenvalue weighted by Crippen LogP contribution is 2.28. The number of aryl methyl sites for hydroxylation is 1. The van der Waals surface area contributed by atoms with Crippen LogP contribution in [0.4, 0.5) is 0 Å². The van der Waals surface area contributed by atoms with E-state index in [9.17, 15) is 9.59 Å². The summed E-state index contributed by atoms with van der Waals surface area (Å²) in [5.41, 5.74) is 2.52. The molecule has 0 unspecified atom stereocenters. The van der Waals surface area contributed by atoms with Crippen molar-refractivity contribution in [2.75, 3.05) is 27.8 Å². The van der Waals surface area contributed by atoms with E-state index in [2.05, 4.69) is 15.7 Å². The fourth-order valence-corrected chi connectivity index (χ4v) is 4.34. The van der Waals surface area contributed by atoms with Crippen molar-refractivity contribution in [3.8, 4) is 11.5 Å². The Morgan fingerprint density at radius 3 is 2.52 bits per heavy atom. The average molecular weight is 486 g/mol. The minimum Gasteiger partial charge on any atom is -0.493 e. The Morgan fingerprint density at radius 1 is 1.12 bits per heavy atom. The third-order valence-electron chi connectivity index (χ3n) is 4.70. The number of carbonyl (C=O) groups excluding carboxylic acids is 2. The van der Waals surface area contributed by atoms with Crippen LogP contribution in [-0.4, -0.2) is 49.5 Å². The molecule has 0 aliphatic carbocycles. The van der Waals surface area contributed by atoms with Crippen molar-refractivity contribution in [3.05, 3.63) is 69.7 Å². The Balaban J connectivity index is 1.52. The third kappa shape index (κ3) is 7.23. The van der Waals surface area contributed by atoms with Crippen LogP contribution in [0, 0.1) is 6.92 Å².